The SMILES string of the molecule is CC(C)CCCCCCCO[P+](OCCCCCCCC(C)C)(Oc1ccccc1)c1ccccc1. The molecule has 3 nitrogen and oxygen atoms in total. The molecule has 2 rings (SSSR count). The highest BCUT2D eigenvalue weighted by Gasteiger charge is 2.50. The van der Waals surface area contributed by atoms with Crippen molar-refractivity contribution in [3.8, 4) is 5.75 Å². The minimum absolute atomic E-state index is 0.662. The highest BCUT2D eigenvalue weighted by Crippen LogP contribution is 2.60. The van der Waals surface area contributed by atoms with Crippen LogP contribution in [0.2, 0.25) is 0 Å². The molecule has 2 aromatic carbocycles. The van der Waals surface area contributed by atoms with Crippen molar-refractivity contribution in [1.29, 1.82) is 0 Å². The van der Waals surface area contributed by atoms with Crippen molar-refractivity contribution in [2.75, 3.05) is 13.2 Å². The molecule has 0 aromatic heterocycles. The Kier molecular flexibility index (Phi) is 16.1. The van der Waals surface area contributed by atoms with Gasteiger partial charge in [-0.15, -0.1) is 0 Å². The van der Waals surface area contributed by atoms with Gasteiger partial charge >= 0.3 is 7.94 Å². The normalized spacial score (nSPS) is 11.9. The van der Waals surface area contributed by atoms with Gasteiger partial charge in [0.2, 0.25) is 0 Å². The van der Waals surface area contributed by atoms with E-state index in [1.807, 2.05) is 36.4 Å². The van der Waals surface area contributed by atoms with Gasteiger partial charge in [-0.1, -0.05) is 128 Å². The number of hydrogen-bond donors (Lipinski definition) is 0. The predicted molar refractivity (Wildman–Crippen MR) is 157 cm³/mol. The molecule has 2 aromatic rings. The number of para-hydroxylation sites is 1. The van der Waals surface area contributed by atoms with Crippen molar-refractivity contribution in [1.82, 2.24) is 0 Å². The van der Waals surface area contributed by atoms with E-state index in [-0.39, 0.29) is 0 Å². The fourth-order valence-electron chi connectivity index (χ4n) is 4.26. The number of hydrogen-bond acceptors (Lipinski definition) is 3. The molecule has 0 aliphatic carbocycles. The summed E-state index contributed by atoms with van der Waals surface area (Å²) < 4.78 is 19.8. The third-order valence-corrected chi connectivity index (χ3v) is 8.84. The Bertz CT molecular complexity index is 739. The molecule has 0 unspecified atom stereocenters. The third kappa shape index (κ3) is 13.2. The minimum atomic E-state index is -2.72. The van der Waals surface area contributed by atoms with E-state index in [2.05, 4.69) is 52.0 Å². The molecule has 0 radical (unpaired) electrons. The molecule has 0 saturated heterocycles. The summed E-state index contributed by atoms with van der Waals surface area (Å²) in [7, 11) is -2.72. The molecule has 0 fully saturated rings. The molecule has 0 saturated carbocycles. The molecule has 0 aliphatic rings. The summed E-state index contributed by atoms with van der Waals surface area (Å²) in [5, 5.41) is 1.02. The van der Waals surface area contributed by atoms with Crippen molar-refractivity contribution in [3.05, 3.63) is 60.7 Å². The Hall–Kier alpha value is -1.41. The first-order chi connectivity index (χ1) is 17.5. The Labute approximate surface area is 222 Å². The van der Waals surface area contributed by atoms with E-state index in [1.54, 1.807) is 0 Å². The van der Waals surface area contributed by atoms with Gasteiger partial charge in [-0.05, 0) is 48.9 Å². The standard InChI is InChI=1S/C32H52O3P/c1-29(2)21-13-7-5-9-19-27-33-36(32-25-17-12-18-26-32,35-31-23-15-11-16-24-31)34-28-20-10-6-8-14-22-30(3)4/h11-12,15-18,23-26,29-30H,5-10,13-14,19-22,27-28H2,1-4H3/q+1. The lowest BCUT2D eigenvalue weighted by Gasteiger charge is -2.22. The summed E-state index contributed by atoms with van der Waals surface area (Å²) in [6, 6.07) is 20.3. The van der Waals surface area contributed by atoms with Crippen molar-refractivity contribution in [3.63, 3.8) is 0 Å². The highest BCUT2D eigenvalue weighted by molar-refractivity contribution is 7.69. The van der Waals surface area contributed by atoms with Crippen LogP contribution in [0.4, 0.5) is 0 Å². The van der Waals surface area contributed by atoms with Crippen LogP contribution in [0.1, 0.15) is 105 Å². The van der Waals surface area contributed by atoms with Gasteiger partial charge in [-0.25, -0.2) is 0 Å². The molecule has 0 bridgehead atoms. The van der Waals surface area contributed by atoms with Gasteiger partial charge < -0.3 is 0 Å². The molecule has 0 heterocycles. The van der Waals surface area contributed by atoms with E-state index in [0.29, 0.717) is 13.2 Å². The van der Waals surface area contributed by atoms with Crippen LogP contribution in [0, 0.1) is 11.8 Å². The lowest BCUT2D eigenvalue weighted by molar-refractivity contribution is 0.185. The lowest BCUT2D eigenvalue weighted by Crippen LogP contribution is -2.22. The Morgan fingerprint density at radius 1 is 0.528 bits per heavy atom. The van der Waals surface area contributed by atoms with Crippen LogP contribution in [0.15, 0.2) is 60.7 Å². The fraction of sp³-hybridized carbons (Fsp3) is 0.625. The van der Waals surface area contributed by atoms with Crippen LogP contribution in [0.3, 0.4) is 0 Å². The second-order valence-electron chi connectivity index (χ2n) is 10.8. The van der Waals surface area contributed by atoms with Gasteiger partial charge in [0, 0.05) is 0 Å². The van der Waals surface area contributed by atoms with E-state index in [4.69, 9.17) is 13.6 Å². The van der Waals surface area contributed by atoms with E-state index < -0.39 is 7.94 Å². The monoisotopic (exact) mass is 515 g/mol. The zero-order valence-corrected chi connectivity index (χ0v) is 24.4. The van der Waals surface area contributed by atoms with Crippen LogP contribution in [-0.2, 0) is 9.05 Å². The lowest BCUT2D eigenvalue weighted by atomic mass is 10.0. The van der Waals surface area contributed by atoms with Crippen molar-refractivity contribution in [2.24, 2.45) is 11.8 Å². The van der Waals surface area contributed by atoms with Crippen LogP contribution in [0.25, 0.3) is 0 Å². The van der Waals surface area contributed by atoms with Crippen molar-refractivity contribution >= 4 is 13.2 Å². The average molecular weight is 516 g/mol. The topological polar surface area (TPSA) is 27.7 Å². The largest absolute Gasteiger partial charge is 0.492 e. The Balaban J connectivity index is 1.95. The maximum absolute atomic E-state index is 6.60. The second kappa shape index (κ2) is 18.8. The molecule has 4 heteroatoms. The summed E-state index contributed by atoms with van der Waals surface area (Å²) in [6.45, 7) is 10.5. The van der Waals surface area contributed by atoms with Gasteiger partial charge in [-0.3, -0.25) is 4.52 Å². The smallest absolute Gasteiger partial charge is 0.281 e. The van der Waals surface area contributed by atoms with E-state index in [9.17, 15) is 0 Å². The quantitative estimate of drug-likeness (QED) is 0.122. The van der Waals surface area contributed by atoms with Crippen LogP contribution in [0.5, 0.6) is 5.75 Å². The maximum Gasteiger partial charge on any atom is 0.492 e. The second-order valence-corrected chi connectivity index (χ2v) is 13.0. The molecule has 36 heavy (non-hydrogen) atoms. The number of unbranched alkanes of at least 4 members (excludes halogenated alkanes) is 8. The number of rotatable bonds is 21. The summed E-state index contributed by atoms with van der Waals surface area (Å²) in [5.74, 6) is 2.41. The van der Waals surface area contributed by atoms with E-state index in [0.717, 1.165) is 35.7 Å². The van der Waals surface area contributed by atoms with Crippen LogP contribution < -0.4 is 9.83 Å². The third-order valence-electron chi connectivity index (χ3n) is 6.42. The maximum atomic E-state index is 6.60. The van der Waals surface area contributed by atoms with Crippen LogP contribution >= 0.6 is 7.94 Å². The summed E-state index contributed by atoms with van der Waals surface area (Å²) in [4.78, 5) is 0. The van der Waals surface area contributed by atoms with Crippen molar-refractivity contribution < 1.29 is 13.6 Å². The molecule has 0 amide bonds. The molecule has 0 aliphatic heterocycles. The first-order valence-electron chi connectivity index (χ1n) is 14.5. The zero-order chi connectivity index (χ0) is 25.9. The highest BCUT2D eigenvalue weighted by atomic mass is 31.2. The van der Waals surface area contributed by atoms with Crippen LogP contribution in [-0.4, -0.2) is 13.2 Å². The van der Waals surface area contributed by atoms with Gasteiger partial charge in [-0.2, -0.15) is 9.05 Å². The molecular weight excluding hydrogens is 463 g/mol. The minimum Gasteiger partial charge on any atom is -0.281 e. The molecule has 0 N–H and O–H groups in total. The average Bonchev–Trinajstić information content (AvgIpc) is 2.87. The Morgan fingerprint density at radius 2 is 0.944 bits per heavy atom. The summed E-state index contributed by atoms with van der Waals surface area (Å²) >= 11 is 0. The van der Waals surface area contributed by atoms with Crippen molar-refractivity contribution in [2.45, 2.75) is 105 Å². The van der Waals surface area contributed by atoms with E-state index in [1.165, 1.54) is 64.2 Å². The summed E-state index contributed by atoms with van der Waals surface area (Å²) in [5.41, 5.74) is 0. The summed E-state index contributed by atoms with van der Waals surface area (Å²) in [6.07, 6.45) is 14.9. The first-order valence-corrected chi connectivity index (χ1v) is 16.0. The predicted octanol–water partition coefficient (Wildman–Crippen LogP) is 10.2. The van der Waals surface area contributed by atoms with Gasteiger partial charge in [0.15, 0.2) is 11.1 Å². The zero-order valence-electron chi connectivity index (χ0n) is 23.5. The van der Waals surface area contributed by atoms with Gasteiger partial charge in [0.1, 0.15) is 0 Å². The van der Waals surface area contributed by atoms with Gasteiger partial charge in [0.05, 0.1) is 13.2 Å². The fourth-order valence-corrected chi connectivity index (χ4v) is 6.52. The van der Waals surface area contributed by atoms with Gasteiger partial charge in [0.25, 0.3) is 0 Å². The first kappa shape index (κ1) is 30.8. The van der Waals surface area contributed by atoms with E-state index >= 15 is 0 Å². The number of benzene rings is 2. The Morgan fingerprint density at radius 3 is 1.42 bits per heavy atom. The molecule has 0 spiro atoms. The molecule has 0 atom stereocenters. The molecular formula is C32H52O3P+. The molecule has 202 valence electrons.